The highest BCUT2D eigenvalue weighted by molar-refractivity contribution is 7.92. The van der Waals surface area contributed by atoms with Gasteiger partial charge < -0.3 is 24.4 Å². The van der Waals surface area contributed by atoms with Crippen LogP contribution < -0.4 is 19.7 Å². The minimum absolute atomic E-state index is 0.0478. The second-order valence-electron chi connectivity index (χ2n) is 11.7. The zero-order valence-electron chi connectivity index (χ0n) is 27.3. The topological polar surface area (TPSA) is 123 Å². The number of nitrogens with zero attached hydrogens (tertiary/aromatic N) is 1. The highest BCUT2D eigenvalue weighted by Gasteiger charge is 2.22. The Kier molecular flexibility index (Phi) is 11.5. The van der Waals surface area contributed by atoms with Crippen molar-refractivity contribution in [2.45, 2.75) is 44.7 Å². The third-order valence-electron chi connectivity index (χ3n) is 6.88. The SMILES string of the molecule is CCOc1ccc(-c2cccc(C(=O)OC)c2)cc1S(=O)(=O)Nc1cccc(N(CCNC(=O)OC(C)(C)C)Cc2ccccc2)c1. The molecule has 0 fully saturated rings. The van der Waals surface area contributed by atoms with Gasteiger partial charge in [-0.1, -0.05) is 54.6 Å². The molecule has 0 saturated carbocycles. The van der Waals surface area contributed by atoms with Gasteiger partial charge >= 0.3 is 12.1 Å². The van der Waals surface area contributed by atoms with Gasteiger partial charge in [-0.2, -0.15) is 0 Å². The fourth-order valence-corrected chi connectivity index (χ4v) is 6.02. The summed E-state index contributed by atoms with van der Waals surface area (Å²) >= 11 is 0. The van der Waals surface area contributed by atoms with E-state index in [2.05, 4.69) is 10.0 Å². The molecule has 4 aromatic rings. The second-order valence-corrected chi connectivity index (χ2v) is 13.3. The van der Waals surface area contributed by atoms with Crippen molar-refractivity contribution in [2.24, 2.45) is 0 Å². The molecule has 4 aromatic carbocycles. The number of nitrogens with one attached hydrogen (secondary N) is 2. The molecular weight excluding hydrogens is 618 g/mol. The quantitative estimate of drug-likeness (QED) is 0.149. The van der Waals surface area contributed by atoms with Crippen LogP contribution in [0.4, 0.5) is 16.2 Å². The zero-order chi connectivity index (χ0) is 34.0. The molecule has 47 heavy (non-hydrogen) atoms. The lowest BCUT2D eigenvalue weighted by Crippen LogP contribution is -2.38. The minimum atomic E-state index is -4.13. The van der Waals surface area contributed by atoms with E-state index in [1.807, 2.05) is 41.3 Å². The van der Waals surface area contributed by atoms with E-state index in [9.17, 15) is 18.0 Å². The summed E-state index contributed by atoms with van der Waals surface area (Å²) in [4.78, 5) is 26.4. The summed E-state index contributed by atoms with van der Waals surface area (Å²) in [5, 5.41) is 2.80. The van der Waals surface area contributed by atoms with Gasteiger partial charge in [-0.3, -0.25) is 4.72 Å². The Labute approximate surface area is 276 Å². The van der Waals surface area contributed by atoms with E-state index in [-0.39, 0.29) is 17.3 Å². The van der Waals surface area contributed by atoms with Crippen LogP contribution in [0.1, 0.15) is 43.6 Å². The van der Waals surface area contributed by atoms with Crippen LogP contribution in [0, 0.1) is 0 Å². The van der Waals surface area contributed by atoms with Crippen molar-refractivity contribution in [2.75, 3.05) is 36.4 Å². The maximum atomic E-state index is 13.9. The fraction of sp³-hybridized carbons (Fsp3) is 0.278. The first-order valence-electron chi connectivity index (χ1n) is 15.2. The Balaban J connectivity index is 1.62. The molecular formula is C36H41N3O7S. The van der Waals surface area contributed by atoms with Crippen molar-refractivity contribution < 1.29 is 32.2 Å². The first-order chi connectivity index (χ1) is 22.4. The number of anilines is 2. The predicted molar refractivity (Wildman–Crippen MR) is 183 cm³/mol. The van der Waals surface area contributed by atoms with Gasteiger partial charge in [0.15, 0.2) is 0 Å². The average molecular weight is 660 g/mol. The first-order valence-corrected chi connectivity index (χ1v) is 16.7. The number of rotatable bonds is 13. The zero-order valence-corrected chi connectivity index (χ0v) is 28.1. The van der Waals surface area contributed by atoms with Crippen molar-refractivity contribution in [3.8, 4) is 16.9 Å². The van der Waals surface area contributed by atoms with Crippen LogP contribution in [0.25, 0.3) is 11.1 Å². The van der Waals surface area contributed by atoms with Crippen LogP contribution in [0.3, 0.4) is 0 Å². The summed E-state index contributed by atoms with van der Waals surface area (Å²) in [7, 11) is -2.83. The van der Waals surface area contributed by atoms with Crippen LogP contribution in [0.2, 0.25) is 0 Å². The van der Waals surface area contributed by atoms with Gasteiger partial charge in [-0.15, -0.1) is 0 Å². The van der Waals surface area contributed by atoms with Gasteiger partial charge in [-0.25, -0.2) is 18.0 Å². The number of hydrogen-bond acceptors (Lipinski definition) is 8. The van der Waals surface area contributed by atoms with E-state index in [1.165, 1.54) is 13.2 Å². The summed E-state index contributed by atoms with van der Waals surface area (Å²) < 4.78 is 46.4. The molecule has 4 rings (SSSR count). The molecule has 0 aliphatic heterocycles. The van der Waals surface area contributed by atoms with Gasteiger partial charge in [0.05, 0.1) is 25.0 Å². The number of amides is 1. The molecule has 0 unspecified atom stereocenters. The summed E-state index contributed by atoms with van der Waals surface area (Å²) in [6.07, 6.45) is -0.511. The van der Waals surface area contributed by atoms with Crippen LogP contribution >= 0.6 is 0 Å². The Hall–Kier alpha value is -5.03. The number of carbonyl (C=O) groups is 2. The first kappa shape index (κ1) is 34.8. The third-order valence-corrected chi connectivity index (χ3v) is 8.28. The Morgan fingerprint density at radius 3 is 2.28 bits per heavy atom. The molecule has 0 saturated heterocycles. The van der Waals surface area contributed by atoms with Crippen molar-refractivity contribution >= 4 is 33.5 Å². The second kappa shape index (κ2) is 15.5. The molecule has 0 aromatic heterocycles. The molecule has 2 N–H and O–H groups in total. The number of methoxy groups -OCH3 is 1. The molecule has 0 spiro atoms. The lowest BCUT2D eigenvalue weighted by atomic mass is 10.0. The fourth-order valence-electron chi connectivity index (χ4n) is 4.80. The van der Waals surface area contributed by atoms with Crippen molar-refractivity contribution in [1.29, 1.82) is 0 Å². The van der Waals surface area contributed by atoms with Crippen molar-refractivity contribution in [3.05, 3.63) is 108 Å². The van der Waals surface area contributed by atoms with Gasteiger partial charge in [0, 0.05) is 25.3 Å². The third kappa shape index (κ3) is 9.98. The Bertz CT molecular complexity index is 1790. The van der Waals surface area contributed by atoms with E-state index in [1.54, 1.807) is 82.3 Å². The predicted octanol–water partition coefficient (Wildman–Crippen LogP) is 6.87. The van der Waals surface area contributed by atoms with Crippen LogP contribution in [0.5, 0.6) is 5.75 Å². The van der Waals surface area contributed by atoms with Crippen LogP contribution in [-0.4, -0.2) is 52.9 Å². The maximum absolute atomic E-state index is 13.9. The highest BCUT2D eigenvalue weighted by Crippen LogP contribution is 2.33. The van der Waals surface area contributed by atoms with Gasteiger partial charge in [-0.05, 0) is 86.8 Å². The lowest BCUT2D eigenvalue weighted by molar-refractivity contribution is 0.0528. The molecule has 11 heteroatoms. The number of esters is 1. The summed E-state index contributed by atoms with van der Waals surface area (Å²) in [5.41, 5.74) is 3.10. The van der Waals surface area contributed by atoms with Crippen molar-refractivity contribution in [1.82, 2.24) is 5.32 Å². The van der Waals surface area contributed by atoms with E-state index in [0.29, 0.717) is 42.0 Å². The molecule has 1 amide bonds. The number of benzene rings is 4. The number of carbonyl (C=O) groups excluding carboxylic acids is 2. The van der Waals surface area contributed by atoms with Crippen LogP contribution in [-0.2, 0) is 26.0 Å². The summed E-state index contributed by atoms with van der Waals surface area (Å²) in [6, 6.07) is 28.6. The number of alkyl carbamates (subject to hydrolysis) is 1. The van der Waals surface area contributed by atoms with Crippen molar-refractivity contribution in [3.63, 3.8) is 0 Å². The Morgan fingerprint density at radius 2 is 1.57 bits per heavy atom. The van der Waals surface area contributed by atoms with E-state index in [0.717, 1.165) is 11.3 Å². The molecule has 0 radical (unpaired) electrons. The van der Waals surface area contributed by atoms with Gasteiger partial charge in [0.25, 0.3) is 10.0 Å². The van der Waals surface area contributed by atoms with E-state index < -0.39 is 27.7 Å². The number of ether oxygens (including phenoxy) is 3. The normalized spacial score (nSPS) is 11.3. The standard InChI is InChI=1S/C36H41N3O7S/c1-6-45-32-19-18-28(27-14-10-15-29(22-27)34(40)44-5)23-33(32)47(42,43)38-30-16-11-17-31(24-30)39(25-26-12-8-7-9-13-26)21-20-37-35(41)46-36(2,3)4/h7-19,22-24,38H,6,20-21,25H2,1-5H3,(H,37,41). The average Bonchev–Trinajstić information content (AvgIpc) is 3.04. The highest BCUT2D eigenvalue weighted by atomic mass is 32.2. The summed E-state index contributed by atoms with van der Waals surface area (Å²) in [6.45, 7) is 8.71. The lowest BCUT2D eigenvalue weighted by Gasteiger charge is -2.26. The molecule has 248 valence electrons. The molecule has 0 aliphatic rings. The Morgan fingerprint density at radius 1 is 0.851 bits per heavy atom. The van der Waals surface area contributed by atoms with Gasteiger partial charge in [0.1, 0.15) is 16.2 Å². The number of sulfonamides is 1. The largest absolute Gasteiger partial charge is 0.492 e. The van der Waals surface area contributed by atoms with Crippen LogP contribution in [0.15, 0.2) is 102 Å². The smallest absolute Gasteiger partial charge is 0.407 e. The van der Waals surface area contributed by atoms with Gasteiger partial charge in [0.2, 0.25) is 0 Å². The van der Waals surface area contributed by atoms with E-state index >= 15 is 0 Å². The molecule has 10 nitrogen and oxygen atoms in total. The summed E-state index contributed by atoms with van der Waals surface area (Å²) in [5.74, 6) is -0.294. The molecule has 0 aliphatic carbocycles. The minimum Gasteiger partial charge on any atom is -0.492 e. The molecule has 0 atom stereocenters. The van der Waals surface area contributed by atoms with E-state index in [4.69, 9.17) is 14.2 Å². The molecule has 0 heterocycles. The molecule has 0 bridgehead atoms. The number of hydrogen-bond donors (Lipinski definition) is 2. The maximum Gasteiger partial charge on any atom is 0.407 e. The monoisotopic (exact) mass is 659 g/mol.